The second-order valence-electron chi connectivity index (χ2n) is 8.28. The molecule has 5 heteroatoms. The highest BCUT2D eigenvalue weighted by molar-refractivity contribution is 6.36. The van der Waals surface area contributed by atoms with Crippen LogP contribution in [0.25, 0.3) is 16.3 Å². The smallest absolute Gasteiger partial charge is 0.278 e. The lowest BCUT2D eigenvalue weighted by Crippen LogP contribution is -2.32. The van der Waals surface area contributed by atoms with Crippen LogP contribution in [-0.4, -0.2) is 23.8 Å². The summed E-state index contributed by atoms with van der Waals surface area (Å²) >= 11 is 0. The molecule has 0 atom stereocenters. The summed E-state index contributed by atoms with van der Waals surface area (Å²) in [5.74, 6) is -0.0580. The number of carbonyl (C=O) groups is 2. The van der Waals surface area contributed by atoms with E-state index in [1.54, 1.807) is 7.11 Å². The summed E-state index contributed by atoms with van der Waals surface area (Å²) in [6.45, 7) is 2.11. The Balaban J connectivity index is 1.59. The molecule has 1 aliphatic heterocycles. The van der Waals surface area contributed by atoms with Crippen molar-refractivity contribution in [2.45, 2.75) is 13.5 Å². The molecular formula is C29H24N2O3. The summed E-state index contributed by atoms with van der Waals surface area (Å²) in [7, 11) is 1.58. The number of methoxy groups -OCH3 is 1. The largest absolute Gasteiger partial charge is 0.496 e. The van der Waals surface area contributed by atoms with Gasteiger partial charge in [0, 0.05) is 16.6 Å². The van der Waals surface area contributed by atoms with Gasteiger partial charge in [0.2, 0.25) is 0 Å². The summed E-state index contributed by atoms with van der Waals surface area (Å²) in [6.07, 6.45) is 0. The van der Waals surface area contributed by atoms with Gasteiger partial charge in [-0.3, -0.25) is 14.5 Å². The number of aryl methyl sites for hydroxylation is 1. The molecule has 1 heterocycles. The van der Waals surface area contributed by atoms with E-state index >= 15 is 0 Å². The van der Waals surface area contributed by atoms with Gasteiger partial charge in [0.1, 0.15) is 11.4 Å². The molecule has 0 radical (unpaired) electrons. The van der Waals surface area contributed by atoms with E-state index in [9.17, 15) is 9.59 Å². The molecule has 0 aromatic heterocycles. The lowest BCUT2D eigenvalue weighted by atomic mass is 10.0. The molecule has 0 aliphatic carbocycles. The molecule has 2 amide bonds. The van der Waals surface area contributed by atoms with Crippen LogP contribution < -0.4 is 10.1 Å². The van der Waals surface area contributed by atoms with Crippen molar-refractivity contribution < 1.29 is 14.3 Å². The number of hydrogen-bond donors (Lipinski definition) is 1. The molecule has 0 fully saturated rings. The highest BCUT2D eigenvalue weighted by Crippen LogP contribution is 2.34. The lowest BCUT2D eigenvalue weighted by Gasteiger charge is -2.17. The molecule has 5 nitrogen and oxygen atoms in total. The number of hydrogen-bond acceptors (Lipinski definition) is 4. The highest BCUT2D eigenvalue weighted by Gasteiger charge is 2.39. The number of rotatable bonds is 6. The maximum absolute atomic E-state index is 13.7. The van der Waals surface area contributed by atoms with E-state index in [1.807, 2.05) is 97.9 Å². The van der Waals surface area contributed by atoms with Crippen molar-refractivity contribution in [3.8, 4) is 5.75 Å². The van der Waals surface area contributed by atoms with E-state index in [4.69, 9.17) is 4.74 Å². The molecule has 0 unspecified atom stereocenters. The van der Waals surface area contributed by atoms with Gasteiger partial charge in [-0.15, -0.1) is 0 Å². The fourth-order valence-corrected chi connectivity index (χ4v) is 4.30. The van der Waals surface area contributed by atoms with Gasteiger partial charge in [-0.05, 0) is 30.0 Å². The fourth-order valence-electron chi connectivity index (χ4n) is 4.30. The normalized spacial score (nSPS) is 13.6. The number of benzene rings is 4. The Morgan fingerprint density at radius 1 is 0.794 bits per heavy atom. The number of amides is 2. The van der Waals surface area contributed by atoms with Gasteiger partial charge in [0.05, 0.1) is 19.2 Å². The van der Waals surface area contributed by atoms with Crippen LogP contribution in [0.15, 0.2) is 96.7 Å². The minimum Gasteiger partial charge on any atom is -0.496 e. The van der Waals surface area contributed by atoms with Crippen LogP contribution >= 0.6 is 0 Å². The minimum atomic E-state index is -0.362. The first kappa shape index (κ1) is 21.5. The number of nitrogens with one attached hydrogen (secondary N) is 1. The lowest BCUT2D eigenvalue weighted by molar-refractivity contribution is -0.137. The Labute approximate surface area is 198 Å². The van der Waals surface area contributed by atoms with Crippen LogP contribution in [0.3, 0.4) is 0 Å². The Morgan fingerprint density at radius 2 is 1.50 bits per heavy atom. The van der Waals surface area contributed by atoms with E-state index in [-0.39, 0.29) is 24.1 Å². The summed E-state index contributed by atoms with van der Waals surface area (Å²) < 4.78 is 5.44. The predicted octanol–water partition coefficient (Wildman–Crippen LogP) is 5.55. The molecule has 0 saturated heterocycles. The van der Waals surface area contributed by atoms with E-state index in [2.05, 4.69) is 5.32 Å². The first-order valence-corrected chi connectivity index (χ1v) is 11.1. The van der Waals surface area contributed by atoms with Crippen LogP contribution in [0.5, 0.6) is 5.75 Å². The first-order valence-electron chi connectivity index (χ1n) is 11.1. The molecule has 168 valence electrons. The van der Waals surface area contributed by atoms with Gasteiger partial charge >= 0.3 is 0 Å². The van der Waals surface area contributed by atoms with Crippen LogP contribution in [0.2, 0.25) is 0 Å². The van der Waals surface area contributed by atoms with Crippen LogP contribution in [-0.2, 0) is 16.1 Å². The first-order chi connectivity index (χ1) is 16.6. The Kier molecular flexibility index (Phi) is 5.60. The average molecular weight is 449 g/mol. The van der Waals surface area contributed by atoms with E-state index in [0.29, 0.717) is 16.9 Å². The number of carbonyl (C=O) groups excluding carboxylic acids is 2. The molecule has 4 aromatic rings. The van der Waals surface area contributed by atoms with Crippen LogP contribution in [0.1, 0.15) is 16.7 Å². The summed E-state index contributed by atoms with van der Waals surface area (Å²) in [5, 5.41) is 5.33. The highest BCUT2D eigenvalue weighted by atomic mass is 16.5. The topological polar surface area (TPSA) is 58.6 Å². The van der Waals surface area contributed by atoms with Crippen molar-refractivity contribution in [3.63, 3.8) is 0 Å². The Hall–Kier alpha value is -4.38. The fraction of sp³-hybridized carbons (Fsp3) is 0.103. The average Bonchev–Trinajstić information content (AvgIpc) is 3.09. The summed E-state index contributed by atoms with van der Waals surface area (Å²) in [4.78, 5) is 28.6. The van der Waals surface area contributed by atoms with Gasteiger partial charge in [0.25, 0.3) is 11.8 Å². The molecule has 4 aromatic carbocycles. The quantitative estimate of drug-likeness (QED) is 0.393. The molecule has 1 aliphatic rings. The monoisotopic (exact) mass is 448 g/mol. The molecule has 0 bridgehead atoms. The van der Waals surface area contributed by atoms with Gasteiger partial charge in [0.15, 0.2) is 0 Å². The number of fused-ring (bicyclic) bond motifs is 1. The van der Waals surface area contributed by atoms with Crippen molar-refractivity contribution in [2.75, 3.05) is 12.4 Å². The molecular weight excluding hydrogens is 424 g/mol. The van der Waals surface area contributed by atoms with Crippen molar-refractivity contribution in [2.24, 2.45) is 0 Å². The van der Waals surface area contributed by atoms with Crippen LogP contribution in [0, 0.1) is 6.92 Å². The molecule has 5 rings (SSSR count). The number of anilines is 1. The third kappa shape index (κ3) is 3.82. The maximum Gasteiger partial charge on any atom is 0.278 e. The summed E-state index contributed by atoms with van der Waals surface area (Å²) in [5.41, 5.74) is 3.97. The van der Waals surface area contributed by atoms with Gasteiger partial charge in [-0.1, -0.05) is 84.4 Å². The molecule has 34 heavy (non-hydrogen) atoms. The van der Waals surface area contributed by atoms with Gasteiger partial charge in [-0.2, -0.15) is 0 Å². The zero-order valence-electron chi connectivity index (χ0n) is 19.0. The van der Waals surface area contributed by atoms with Crippen LogP contribution in [0.4, 0.5) is 5.69 Å². The van der Waals surface area contributed by atoms with E-state index in [0.717, 1.165) is 27.6 Å². The standard InChI is InChI=1S/C29H24N2O3/c1-19-14-16-21(17-15-19)26-27(30-24-12-7-10-20-8-3-5-11-23(20)24)29(33)31(28(26)32)18-22-9-4-6-13-25(22)34-2/h3-17,30H,18H2,1-2H3. The number of nitrogens with zero attached hydrogens (tertiary/aromatic N) is 1. The third-order valence-corrected chi connectivity index (χ3v) is 6.08. The number of ether oxygens (including phenoxy) is 1. The predicted molar refractivity (Wildman–Crippen MR) is 134 cm³/mol. The third-order valence-electron chi connectivity index (χ3n) is 6.08. The van der Waals surface area contributed by atoms with E-state index < -0.39 is 0 Å². The summed E-state index contributed by atoms with van der Waals surface area (Å²) in [6, 6.07) is 28.9. The number of imide groups is 1. The second-order valence-corrected chi connectivity index (χ2v) is 8.28. The van der Waals surface area contributed by atoms with Gasteiger partial charge < -0.3 is 10.1 Å². The van der Waals surface area contributed by atoms with Gasteiger partial charge in [-0.25, -0.2) is 0 Å². The SMILES string of the molecule is COc1ccccc1CN1C(=O)C(Nc2cccc3ccccc23)=C(c2ccc(C)cc2)C1=O. The van der Waals surface area contributed by atoms with Crippen molar-refractivity contribution >= 4 is 33.8 Å². The Bertz CT molecular complexity index is 1430. The number of para-hydroxylation sites is 1. The van der Waals surface area contributed by atoms with E-state index in [1.165, 1.54) is 4.90 Å². The Morgan fingerprint density at radius 3 is 2.29 bits per heavy atom. The van der Waals surface area contributed by atoms with Crippen molar-refractivity contribution in [1.82, 2.24) is 4.90 Å². The van der Waals surface area contributed by atoms with Crippen molar-refractivity contribution in [3.05, 3.63) is 113 Å². The zero-order chi connectivity index (χ0) is 23.7. The molecule has 1 N–H and O–H groups in total. The zero-order valence-corrected chi connectivity index (χ0v) is 19.0. The maximum atomic E-state index is 13.7. The molecule has 0 spiro atoms. The molecule has 0 saturated carbocycles. The minimum absolute atomic E-state index is 0.123. The van der Waals surface area contributed by atoms with Crippen molar-refractivity contribution in [1.29, 1.82) is 0 Å². The second kappa shape index (κ2) is 8.87.